The van der Waals surface area contributed by atoms with Crippen LogP contribution in [0, 0.1) is 18.3 Å². The number of benzene rings is 3. The fourth-order valence-electron chi connectivity index (χ4n) is 3.79. The lowest BCUT2D eigenvalue weighted by molar-refractivity contribution is 0.321. The molecule has 0 spiro atoms. The second-order valence-corrected chi connectivity index (χ2v) is 13.0. The van der Waals surface area contributed by atoms with Crippen LogP contribution in [0.3, 0.4) is 0 Å². The van der Waals surface area contributed by atoms with E-state index in [0.717, 1.165) is 15.9 Å². The summed E-state index contributed by atoms with van der Waals surface area (Å²) in [6, 6.07) is 16.4. The average Bonchev–Trinajstić information content (AvgIpc) is 2.84. The van der Waals surface area contributed by atoms with E-state index < -0.39 is 25.2 Å². The Bertz CT molecular complexity index is 1530. The van der Waals surface area contributed by atoms with Gasteiger partial charge in [0.2, 0.25) is 10.0 Å². The third kappa shape index (κ3) is 5.37. The summed E-state index contributed by atoms with van der Waals surface area (Å²) in [5.74, 6) is 0.0788. The summed E-state index contributed by atoms with van der Waals surface area (Å²) in [6.45, 7) is 1.87. The molecule has 3 aromatic rings. The molecule has 1 aliphatic heterocycles. The molecule has 1 aliphatic rings. The Morgan fingerprint density at radius 2 is 1.67 bits per heavy atom. The first kappa shape index (κ1) is 26.4. The molecule has 8 nitrogen and oxygen atoms in total. The van der Waals surface area contributed by atoms with E-state index in [1.165, 1.54) is 42.5 Å². The number of hydrogen-bond acceptors (Lipinski definition) is 7. The Morgan fingerprint density at radius 1 is 1.00 bits per heavy atom. The van der Waals surface area contributed by atoms with E-state index in [0.29, 0.717) is 0 Å². The molecule has 188 valence electrons. The number of nitrogens with zero attached hydrogens (tertiary/aromatic N) is 2. The summed E-state index contributed by atoms with van der Waals surface area (Å²) in [6.07, 6.45) is 0. The minimum absolute atomic E-state index is 0.0119. The van der Waals surface area contributed by atoms with E-state index in [9.17, 15) is 22.1 Å². The maximum Gasteiger partial charge on any atom is 0.248 e. The first-order valence-corrected chi connectivity index (χ1v) is 14.5. The SMILES string of the molecule is Cc1ccc(S(=O)(=O)C2CNCCN2S(=O)(=O)c2cc(C#N)ccc2Oc2cc(Cl)cc(Cl)c2)cc1. The second-order valence-electron chi connectivity index (χ2n) is 8.11. The van der Waals surface area contributed by atoms with Gasteiger partial charge in [0.1, 0.15) is 21.8 Å². The Morgan fingerprint density at radius 3 is 2.31 bits per heavy atom. The fraction of sp³-hybridized carbons (Fsp3) is 0.208. The zero-order valence-electron chi connectivity index (χ0n) is 19.0. The summed E-state index contributed by atoms with van der Waals surface area (Å²) < 4.78 is 61.6. The molecule has 1 unspecified atom stereocenters. The third-order valence-electron chi connectivity index (χ3n) is 5.58. The molecule has 0 aliphatic carbocycles. The van der Waals surface area contributed by atoms with Crippen molar-refractivity contribution >= 4 is 43.1 Å². The zero-order chi connectivity index (χ0) is 26.1. The zero-order valence-corrected chi connectivity index (χ0v) is 22.1. The van der Waals surface area contributed by atoms with Crippen LogP contribution < -0.4 is 10.1 Å². The molecule has 0 aromatic heterocycles. The van der Waals surface area contributed by atoms with Crippen LogP contribution in [0.2, 0.25) is 10.0 Å². The van der Waals surface area contributed by atoms with Crippen molar-refractivity contribution in [2.75, 3.05) is 19.6 Å². The summed E-state index contributed by atoms with van der Waals surface area (Å²) >= 11 is 12.1. The predicted molar refractivity (Wildman–Crippen MR) is 137 cm³/mol. The van der Waals surface area contributed by atoms with Crippen LogP contribution in [0.1, 0.15) is 11.1 Å². The molecule has 1 atom stereocenters. The van der Waals surface area contributed by atoms with E-state index in [1.54, 1.807) is 12.1 Å². The molecule has 0 amide bonds. The van der Waals surface area contributed by atoms with Crippen LogP contribution in [0.15, 0.2) is 70.5 Å². The van der Waals surface area contributed by atoms with E-state index >= 15 is 0 Å². The lowest BCUT2D eigenvalue weighted by atomic mass is 10.2. The normalized spacial score (nSPS) is 16.9. The molecular formula is C24H21Cl2N3O5S2. The molecule has 1 N–H and O–H groups in total. The van der Waals surface area contributed by atoms with Crippen molar-refractivity contribution in [3.63, 3.8) is 0 Å². The highest BCUT2D eigenvalue weighted by Gasteiger charge is 2.43. The molecule has 12 heteroatoms. The minimum atomic E-state index is -4.44. The number of ether oxygens (including phenoxy) is 1. The molecular weight excluding hydrogens is 545 g/mol. The van der Waals surface area contributed by atoms with Gasteiger partial charge in [-0.3, -0.25) is 0 Å². The van der Waals surface area contributed by atoms with Crippen molar-refractivity contribution in [1.29, 1.82) is 5.26 Å². The molecule has 0 radical (unpaired) electrons. The molecule has 0 bridgehead atoms. The molecule has 0 saturated carbocycles. The molecule has 4 rings (SSSR count). The number of rotatable bonds is 6. The monoisotopic (exact) mass is 565 g/mol. The summed E-state index contributed by atoms with van der Waals surface area (Å²) in [5, 5.41) is 11.5. The maximum absolute atomic E-state index is 13.9. The van der Waals surface area contributed by atoms with Gasteiger partial charge in [-0.2, -0.15) is 9.57 Å². The Hall–Kier alpha value is -2.65. The van der Waals surface area contributed by atoms with E-state index in [-0.39, 0.29) is 56.5 Å². The predicted octanol–water partition coefficient (Wildman–Crippen LogP) is 4.36. The number of nitriles is 1. The third-order valence-corrected chi connectivity index (χ3v) is 10.1. The van der Waals surface area contributed by atoms with Crippen molar-refractivity contribution in [2.24, 2.45) is 0 Å². The summed E-state index contributed by atoms with van der Waals surface area (Å²) in [7, 11) is -8.52. The van der Waals surface area contributed by atoms with Gasteiger partial charge in [0.05, 0.1) is 16.5 Å². The molecule has 1 saturated heterocycles. The van der Waals surface area contributed by atoms with Gasteiger partial charge in [0, 0.05) is 29.7 Å². The van der Waals surface area contributed by atoms with Crippen molar-refractivity contribution in [2.45, 2.75) is 22.1 Å². The number of piperazine rings is 1. The highest BCUT2D eigenvalue weighted by Crippen LogP contribution is 2.36. The smallest absolute Gasteiger partial charge is 0.248 e. The number of halogens is 2. The topological polar surface area (TPSA) is 117 Å². The van der Waals surface area contributed by atoms with Gasteiger partial charge in [-0.25, -0.2) is 16.8 Å². The van der Waals surface area contributed by atoms with Crippen molar-refractivity contribution in [3.8, 4) is 17.6 Å². The van der Waals surface area contributed by atoms with E-state index in [4.69, 9.17) is 27.9 Å². The largest absolute Gasteiger partial charge is 0.456 e. The maximum atomic E-state index is 13.9. The number of hydrogen-bond donors (Lipinski definition) is 1. The van der Waals surface area contributed by atoms with Crippen molar-refractivity contribution in [1.82, 2.24) is 9.62 Å². The van der Waals surface area contributed by atoms with Crippen LogP contribution in [-0.2, 0) is 19.9 Å². The summed E-state index contributed by atoms with van der Waals surface area (Å²) in [4.78, 5) is -0.332. The van der Waals surface area contributed by atoms with Gasteiger partial charge in [0.25, 0.3) is 0 Å². The van der Waals surface area contributed by atoms with Gasteiger partial charge in [-0.1, -0.05) is 40.9 Å². The van der Waals surface area contributed by atoms with Crippen LogP contribution in [0.5, 0.6) is 11.5 Å². The first-order chi connectivity index (χ1) is 17.0. The molecule has 3 aromatic carbocycles. The van der Waals surface area contributed by atoms with E-state index in [2.05, 4.69) is 5.32 Å². The van der Waals surface area contributed by atoms with Crippen LogP contribution in [-0.4, -0.2) is 46.1 Å². The van der Waals surface area contributed by atoms with Gasteiger partial charge in [-0.15, -0.1) is 0 Å². The standard InChI is InChI=1S/C24H21Cl2N3O5S2/c1-16-2-5-21(6-3-16)35(30,31)24-15-28-8-9-29(24)36(32,33)23-10-17(14-27)4-7-22(23)34-20-12-18(25)11-19(26)13-20/h2-7,10-13,24,28H,8-9,15H2,1H3. The fourth-order valence-corrected chi connectivity index (χ4v) is 8.17. The van der Waals surface area contributed by atoms with Crippen molar-refractivity contribution < 1.29 is 21.6 Å². The number of nitrogens with one attached hydrogen (secondary N) is 1. The molecule has 1 heterocycles. The second kappa shape index (κ2) is 10.4. The Kier molecular flexibility index (Phi) is 7.61. The Labute approximate surface area is 220 Å². The minimum Gasteiger partial charge on any atom is -0.456 e. The quantitative estimate of drug-likeness (QED) is 0.471. The highest BCUT2D eigenvalue weighted by molar-refractivity contribution is 7.94. The Balaban J connectivity index is 1.80. The first-order valence-electron chi connectivity index (χ1n) is 10.7. The van der Waals surface area contributed by atoms with E-state index in [1.807, 2.05) is 13.0 Å². The van der Waals surface area contributed by atoms with Crippen molar-refractivity contribution in [3.05, 3.63) is 81.8 Å². The van der Waals surface area contributed by atoms with Gasteiger partial charge in [0.15, 0.2) is 9.84 Å². The average molecular weight is 566 g/mol. The summed E-state index contributed by atoms with van der Waals surface area (Å²) in [5.41, 5.74) is 0.939. The van der Waals surface area contributed by atoms with Crippen LogP contribution in [0.4, 0.5) is 0 Å². The number of sulfone groups is 1. The number of sulfonamides is 1. The molecule has 36 heavy (non-hydrogen) atoms. The van der Waals surface area contributed by atoms with Gasteiger partial charge < -0.3 is 10.1 Å². The lowest BCUT2D eigenvalue weighted by Crippen LogP contribution is -2.56. The molecule has 1 fully saturated rings. The van der Waals surface area contributed by atoms with Gasteiger partial charge >= 0.3 is 0 Å². The highest BCUT2D eigenvalue weighted by atomic mass is 35.5. The van der Waals surface area contributed by atoms with Crippen LogP contribution >= 0.6 is 23.2 Å². The van der Waals surface area contributed by atoms with Crippen LogP contribution in [0.25, 0.3) is 0 Å². The van der Waals surface area contributed by atoms with Gasteiger partial charge in [-0.05, 0) is 55.5 Å². The lowest BCUT2D eigenvalue weighted by Gasteiger charge is -2.35. The number of aryl methyl sites for hydroxylation is 1.